The smallest absolute Gasteiger partial charge is 0.0837 e. The van der Waals surface area contributed by atoms with Crippen LogP contribution in [0.3, 0.4) is 0 Å². The van der Waals surface area contributed by atoms with Gasteiger partial charge in [0.1, 0.15) is 0 Å². The van der Waals surface area contributed by atoms with Crippen LogP contribution in [0.2, 0.25) is 5.02 Å². The summed E-state index contributed by atoms with van der Waals surface area (Å²) in [5.74, 6) is 0. The lowest BCUT2D eigenvalue weighted by molar-refractivity contribution is 0.542. The molecule has 19 heavy (non-hydrogen) atoms. The average molecular weight is 390 g/mol. The maximum Gasteiger partial charge on any atom is 0.0837 e. The first-order valence-corrected chi connectivity index (χ1v) is 7.83. The Morgan fingerprint density at radius 1 is 1.32 bits per heavy atom. The maximum atomic E-state index is 6.31. The molecular formula is C14H17ClIN3. The van der Waals surface area contributed by atoms with Crippen LogP contribution in [0, 0.1) is 3.57 Å². The molecule has 102 valence electrons. The number of nitrogens with zero attached hydrogens (tertiary/aromatic N) is 2. The van der Waals surface area contributed by atoms with Crippen LogP contribution in [-0.4, -0.2) is 16.3 Å². The largest absolute Gasteiger partial charge is 0.305 e. The van der Waals surface area contributed by atoms with Crippen molar-refractivity contribution in [2.24, 2.45) is 0 Å². The van der Waals surface area contributed by atoms with Gasteiger partial charge in [-0.3, -0.25) is 4.68 Å². The average Bonchev–Trinajstić information content (AvgIpc) is 2.78. The Morgan fingerprint density at radius 3 is 2.58 bits per heavy atom. The van der Waals surface area contributed by atoms with Crippen LogP contribution in [0.1, 0.15) is 31.1 Å². The second kappa shape index (κ2) is 6.72. The highest BCUT2D eigenvalue weighted by Crippen LogP contribution is 2.28. The lowest BCUT2D eigenvalue weighted by Crippen LogP contribution is -2.25. The SMILES string of the molecule is CCNC(c1ccc(I)cc1)c1c(Cl)cnn1CC. The van der Waals surface area contributed by atoms with E-state index >= 15 is 0 Å². The van der Waals surface area contributed by atoms with Crippen molar-refractivity contribution in [1.82, 2.24) is 15.1 Å². The summed E-state index contributed by atoms with van der Waals surface area (Å²) in [4.78, 5) is 0. The van der Waals surface area contributed by atoms with Gasteiger partial charge in [-0.1, -0.05) is 30.7 Å². The highest BCUT2D eigenvalue weighted by molar-refractivity contribution is 14.1. The van der Waals surface area contributed by atoms with Gasteiger partial charge in [0.25, 0.3) is 0 Å². The molecule has 5 heteroatoms. The van der Waals surface area contributed by atoms with Gasteiger partial charge in [0, 0.05) is 10.1 Å². The number of hydrogen-bond acceptors (Lipinski definition) is 2. The van der Waals surface area contributed by atoms with Gasteiger partial charge in [-0.25, -0.2) is 0 Å². The predicted molar refractivity (Wildman–Crippen MR) is 87.6 cm³/mol. The van der Waals surface area contributed by atoms with Crippen molar-refractivity contribution in [3.63, 3.8) is 0 Å². The number of halogens is 2. The molecule has 0 fully saturated rings. The van der Waals surface area contributed by atoms with Gasteiger partial charge in [-0.05, 0) is 53.8 Å². The quantitative estimate of drug-likeness (QED) is 0.787. The Kier molecular flexibility index (Phi) is 5.24. The molecule has 2 aromatic rings. The van der Waals surface area contributed by atoms with Gasteiger partial charge >= 0.3 is 0 Å². The minimum Gasteiger partial charge on any atom is -0.305 e. The molecule has 0 aliphatic rings. The monoisotopic (exact) mass is 389 g/mol. The zero-order valence-corrected chi connectivity index (χ0v) is 13.9. The van der Waals surface area contributed by atoms with Crippen molar-refractivity contribution < 1.29 is 0 Å². The van der Waals surface area contributed by atoms with E-state index in [4.69, 9.17) is 11.6 Å². The second-order valence-electron chi connectivity index (χ2n) is 4.24. The highest BCUT2D eigenvalue weighted by Gasteiger charge is 2.20. The number of nitrogens with one attached hydrogen (secondary N) is 1. The molecule has 0 spiro atoms. The van der Waals surface area contributed by atoms with Gasteiger partial charge in [0.05, 0.1) is 23.0 Å². The Morgan fingerprint density at radius 2 is 2.00 bits per heavy atom. The molecule has 1 N–H and O–H groups in total. The van der Waals surface area contributed by atoms with E-state index in [0.29, 0.717) is 5.02 Å². The summed E-state index contributed by atoms with van der Waals surface area (Å²) in [6.45, 7) is 5.86. The molecule has 1 atom stereocenters. The summed E-state index contributed by atoms with van der Waals surface area (Å²) in [6.07, 6.45) is 1.72. The number of aryl methyl sites for hydroxylation is 1. The summed E-state index contributed by atoms with van der Waals surface area (Å²) < 4.78 is 3.18. The Labute approximate surface area is 132 Å². The minimum absolute atomic E-state index is 0.0805. The molecule has 1 unspecified atom stereocenters. The van der Waals surface area contributed by atoms with Gasteiger partial charge in [-0.15, -0.1) is 0 Å². The maximum absolute atomic E-state index is 6.31. The minimum atomic E-state index is 0.0805. The third-order valence-corrected chi connectivity index (χ3v) is 4.03. The summed E-state index contributed by atoms with van der Waals surface area (Å²) in [5, 5.41) is 8.53. The second-order valence-corrected chi connectivity index (χ2v) is 5.89. The van der Waals surface area contributed by atoms with Gasteiger partial charge in [-0.2, -0.15) is 5.10 Å². The third kappa shape index (κ3) is 3.30. The van der Waals surface area contributed by atoms with Gasteiger partial charge in [0.2, 0.25) is 0 Å². The highest BCUT2D eigenvalue weighted by atomic mass is 127. The summed E-state index contributed by atoms with van der Waals surface area (Å²) in [5.41, 5.74) is 2.24. The molecule has 3 nitrogen and oxygen atoms in total. The van der Waals surface area contributed by atoms with Crippen LogP contribution >= 0.6 is 34.2 Å². The van der Waals surface area contributed by atoms with Gasteiger partial charge < -0.3 is 5.32 Å². The first kappa shape index (κ1) is 14.8. The molecule has 0 saturated carbocycles. The van der Waals surface area contributed by atoms with Crippen LogP contribution in [0.15, 0.2) is 30.5 Å². The van der Waals surface area contributed by atoms with Crippen LogP contribution in [0.25, 0.3) is 0 Å². The van der Waals surface area contributed by atoms with Crippen LogP contribution in [-0.2, 0) is 6.54 Å². The van der Waals surface area contributed by atoms with E-state index < -0.39 is 0 Å². The van der Waals surface area contributed by atoms with E-state index in [0.717, 1.165) is 18.8 Å². The molecule has 1 aromatic carbocycles. The van der Waals surface area contributed by atoms with Crippen molar-refractivity contribution in [3.8, 4) is 0 Å². The van der Waals surface area contributed by atoms with Crippen LogP contribution in [0.5, 0.6) is 0 Å². The number of hydrogen-bond donors (Lipinski definition) is 1. The Balaban J connectivity index is 2.44. The molecule has 0 amide bonds. The summed E-state index contributed by atoms with van der Waals surface area (Å²) in [7, 11) is 0. The molecule has 2 rings (SSSR count). The first-order valence-electron chi connectivity index (χ1n) is 6.37. The fraction of sp³-hybridized carbons (Fsp3) is 0.357. The van der Waals surface area contributed by atoms with E-state index in [1.165, 1.54) is 9.13 Å². The van der Waals surface area contributed by atoms with E-state index in [1.807, 2.05) is 4.68 Å². The summed E-state index contributed by atoms with van der Waals surface area (Å²) in [6, 6.07) is 8.58. The summed E-state index contributed by atoms with van der Waals surface area (Å²) >= 11 is 8.62. The van der Waals surface area contributed by atoms with E-state index in [1.54, 1.807) is 6.20 Å². The molecule has 0 saturated heterocycles. The molecular weight excluding hydrogens is 373 g/mol. The lowest BCUT2D eigenvalue weighted by atomic mass is 10.0. The zero-order valence-electron chi connectivity index (χ0n) is 11.0. The van der Waals surface area contributed by atoms with Crippen molar-refractivity contribution >= 4 is 34.2 Å². The van der Waals surface area contributed by atoms with Gasteiger partial charge in [0.15, 0.2) is 0 Å². The van der Waals surface area contributed by atoms with E-state index in [2.05, 4.69) is 71.1 Å². The fourth-order valence-corrected chi connectivity index (χ4v) is 2.75. The molecule has 0 radical (unpaired) electrons. The lowest BCUT2D eigenvalue weighted by Gasteiger charge is -2.20. The standard InChI is InChI=1S/C14H17ClIN3/c1-3-17-13(10-5-7-11(16)8-6-10)14-12(15)9-18-19(14)4-2/h5-9,13,17H,3-4H2,1-2H3. The molecule has 0 aliphatic carbocycles. The Bertz CT molecular complexity index is 536. The molecule has 1 heterocycles. The van der Waals surface area contributed by atoms with Crippen molar-refractivity contribution in [1.29, 1.82) is 0 Å². The number of aromatic nitrogens is 2. The normalized spacial score (nSPS) is 12.6. The third-order valence-electron chi connectivity index (χ3n) is 3.02. The Hall–Kier alpha value is -0.590. The first-order chi connectivity index (χ1) is 9.17. The van der Waals surface area contributed by atoms with Crippen LogP contribution < -0.4 is 5.32 Å². The zero-order chi connectivity index (χ0) is 13.8. The van der Waals surface area contributed by atoms with E-state index in [-0.39, 0.29) is 6.04 Å². The topological polar surface area (TPSA) is 29.9 Å². The number of rotatable bonds is 5. The predicted octanol–water partition coefficient (Wildman–Crippen LogP) is 3.86. The van der Waals surface area contributed by atoms with E-state index in [9.17, 15) is 0 Å². The molecule has 0 aliphatic heterocycles. The van der Waals surface area contributed by atoms with Crippen molar-refractivity contribution in [3.05, 3.63) is 50.3 Å². The molecule has 0 bridgehead atoms. The van der Waals surface area contributed by atoms with Crippen LogP contribution in [0.4, 0.5) is 0 Å². The van der Waals surface area contributed by atoms with Crippen molar-refractivity contribution in [2.75, 3.05) is 6.54 Å². The molecule has 1 aromatic heterocycles. The fourth-order valence-electron chi connectivity index (χ4n) is 2.14. The number of benzene rings is 1. The van der Waals surface area contributed by atoms with Crippen molar-refractivity contribution in [2.45, 2.75) is 26.4 Å².